The van der Waals surface area contributed by atoms with Crippen LogP contribution in [0.2, 0.25) is 5.02 Å². The van der Waals surface area contributed by atoms with Gasteiger partial charge in [0.05, 0.1) is 34.2 Å². The lowest BCUT2D eigenvalue weighted by Gasteiger charge is -2.08. The first-order valence-electron chi connectivity index (χ1n) is 6.65. The van der Waals surface area contributed by atoms with Crippen molar-refractivity contribution >= 4 is 28.2 Å². The van der Waals surface area contributed by atoms with E-state index in [1.165, 1.54) is 0 Å². The highest BCUT2D eigenvalue weighted by atomic mass is 35.5. The molecule has 0 saturated heterocycles. The Hall–Kier alpha value is -1.94. The second kappa shape index (κ2) is 4.87. The van der Waals surface area contributed by atoms with Gasteiger partial charge in [-0.2, -0.15) is 5.10 Å². The number of aryl methyl sites for hydroxylation is 2. The van der Waals surface area contributed by atoms with E-state index >= 15 is 0 Å². The van der Waals surface area contributed by atoms with E-state index in [1.54, 1.807) is 0 Å². The molecule has 0 radical (unpaired) electrons. The number of nitrogens with two attached hydrogens (primary N) is 1. The second-order valence-corrected chi connectivity index (χ2v) is 5.29. The van der Waals surface area contributed by atoms with Crippen molar-refractivity contribution < 1.29 is 0 Å². The van der Waals surface area contributed by atoms with Crippen LogP contribution in [0.1, 0.15) is 18.3 Å². The zero-order chi connectivity index (χ0) is 14.3. The minimum absolute atomic E-state index is 0.667. The molecule has 104 valence electrons. The number of hydrogen-bond donors (Lipinski definition) is 1. The fourth-order valence-corrected chi connectivity index (χ4v) is 2.93. The van der Waals surface area contributed by atoms with Crippen LogP contribution in [-0.4, -0.2) is 14.3 Å². The maximum absolute atomic E-state index is 6.41. The highest BCUT2D eigenvalue weighted by molar-refractivity contribution is 6.31. The number of halogens is 1. The molecule has 3 aromatic rings. The summed E-state index contributed by atoms with van der Waals surface area (Å²) in [5.74, 6) is 0. The van der Waals surface area contributed by atoms with Crippen molar-refractivity contribution in [1.29, 1.82) is 0 Å². The predicted octanol–water partition coefficient (Wildman–Crippen LogP) is 3.22. The second-order valence-electron chi connectivity index (χ2n) is 4.91. The van der Waals surface area contributed by atoms with Gasteiger partial charge in [0.15, 0.2) is 0 Å². The number of anilines is 1. The lowest BCUT2D eigenvalue weighted by Crippen LogP contribution is -2.06. The summed E-state index contributed by atoms with van der Waals surface area (Å²) >= 11 is 6.41. The molecule has 0 fully saturated rings. The smallest absolute Gasteiger partial charge is 0.0868 e. The Morgan fingerprint density at radius 1 is 1.30 bits per heavy atom. The van der Waals surface area contributed by atoms with E-state index in [2.05, 4.69) is 28.7 Å². The molecule has 1 aromatic carbocycles. The van der Waals surface area contributed by atoms with E-state index in [0.717, 1.165) is 39.4 Å². The Morgan fingerprint density at radius 2 is 2.10 bits per heavy atom. The molecule has 4 nitrogen and oxygen atoms in total. The summed E-state index contributed by atoms with van der Waals surface area (Å²) in [6.07, 6.45) is 2.87. The zero-order valence-corrected chi connectivity index (χ0v) is 12.4. The molecule has 0 aliphatic heterocycles. The number of fused-ring (bicyclic) bond motifs is 1. The number of nitrogen functional groups attached to an aromatic ring is 1. The van der Waals surface area contributed by atoms with Gasteiger partial charge >= 0.3 is 0 Å². The van der Waals surface area contributed by atoms with Crippen LogP contribution in [0.5, 0.6) is 0 Å². The topological polar surface area (TPSA) is 48.8 Å². The highest BCUT2D eigenvalue weighted by Gasteiger charge is 2.14. The summed E-state index contributed by atoms with van der Waals surface area (Å²) < 4.78 is 3.97. The van der Waals surface area contributed by atoms with Crippen molar-refractivity contribution in [3.8, 4) is 0 Å². The highest BCUT2D eigenvalue weighted by Crippen LogP contribution is 2.26. The quantitative estimate of drug-likeness (QED) is 0.752. The molecule has 0 saturated carbocycles. The third-order valence-corrected chi connectivity index (χ3v) is 4.08. The minimum Gasteiger partial charge on any atom is -0.397 e. The Bertz CT molecular complexity index is 770. The molecule has 0 aliphatic rings. The summed E-state index contributed by atoms with van der Waals surface area (Å²) in [4.78, 5) is 0. The Kier molecular flexibility index (Phi) is 3.18. The van der Waals surface area contributed by atoms with E-state index in [9.17, 15) is 0 Å². The van der Waals surface area contributed by atoms with E-state index in [0.29, 0.717) is 6.54 Å². The van der Waals surface area contributed by atoms with E-state index in [1.807, 2.05) is 30.1 Å². The van der Waals surface area contributed by atoms with Crippen LogP contribution in [0.4, 0.5) is 5.69 Å². The van der Waals surface area contributed by atoms with Gasteiger partial charge in [0.2, 0.25) is 0 Å². The first kappa shape index (κ1) is 13.1. The summed E-state index contributed by atoms with van der Waals surface area (Å²) in [6.45, 7) is 2.72. The molecule has 0 unspecified atom stereocenters. The number of para-hydroxylation sites is 1. The Morgan fingerprint density at radius 3 is 2.80 bits per heavy atom. The van der Waals surface area contributed by atoms with E-state index in [-0.39, 0.29) is 0 Å². The minimum atomic E-state index is 0.667. The van der Waals surface area contributed by atoms with Crippen LogP contribution in [0.15, 0.2) is 30.5 Å². The number of aromatic nitrogens is 3. The van der Waals surface area contributed by atoms with Gasteiger partial charge in [0.25, 0.3) is 0 Å². The number of hydrogen-bond acceptors (Lipinski definition) is 2. The molecule has 0 atom stereocenters. The van der Waals surface area contributed by atoms with Crippen molar-refractivity contribution in [3.63, 3.8) is 0 Å². The maximum Gasteiger partial charge on any atom is 0.0868 e. The molecular formula is C15H17ClN4. The molecule has 2 N–H and O–H groups in total. The first-order valence-corrected chi connectivity index (χ1v) is 7.03. The van der Waals surface area contributed by atoms with Gasteiger partial charge in [0.1, 0.15) is 0 Å². The lowest BCUT2D eigenvalue weighted by molar-refractivity contribution is 0.670. The molecular weight excluding hydrogens is 272 g/mol. The van der Waals surface area contributed by atoms with Crippen molar-refractivity contribution in [2.75, 3.05) is 5.73 Å². The van der Waals surface area contributed by atoms with Gasteiger partial charge < -0.3 is 10.3 Å². The summed E-state index contributed by atoms with van der Waals surface area (Å²) in [5, 5.41) is 6.35. The molecule has 2 aromatic heterocycles. The lowest BCUT2D eigenvalue weighted by atomic mass is 10.2. The fourth-order valence-electron chi connectivity index (χ4n) is 2.58. The fraction of sp³-hybridized carbons (Fsp3) is 0.267. The summed E-state index contributed by atoms with van der Waals surface area (Å²) in [5.41, 5.74) is 9.85. The number of benzene rings is 1. The van der Waals surface area contributed by atoms with Crippen molar-refractivity contribution in [2.24, 2.45) is 7.05 Å². The molecule has 0 aliphatic carbocycles. The van der Waals surface area contributed by atoms with Crippen molar-refractivity contribution in [3.05, 3.63) is 46.9 Å². The standard InChI is InChI=1S/C15H17ClN4/c1-3-12-14(16)13(19(2)18-12)9-20-8-7-10-5-4-6-11(17)15(10)20/h4-8H,3,9,17H2,1-2H3. The monoisotopic (exact) mass is 288 g/mol. The molecule has 0 spiro atoms. The third kappa shape index (κ3) is 1.96. The predicted molar refractivity (Wildman–Crippen MR) is 83.0 cm³/mol. The molecule has 0 amide bonds. The largest absolute Gasteiger partial charge is 0.397 e. The zero-order valence-electron chi connectivity index (χ0n) is 11.6. The van der Waals surface area contributed by atoms with E-state index < -0.39 is 0 Å². The van der Waals surface area contributed by atoms with Gasteiger partial charge in [0, 0.05) is 18.6 Å². The van der Waals surface area contributed by atoms with Gasteiger partial charge in [-0.1, -0.05) is 30.7 Å². The Balaban J connectivity index is 2.08. The van der Waals surface area contributed by atoms with Crippen LogP contribution in [0, 0.1) is 0 Å². The first-order chi connectivity index (χ1) is 9.61. The van der Waals surface area contributed by atoms with Crippen molar-refractivity contribution in [2.45, 2.75) is 19.9 Å². The molecule has 0 bridgehead atoms. The summed E-state index contributed by atoms with van der Waals surface area (Å²) in [7, 11) is 1.93. The van der Waals surface area contributed by atoms with E-state index in [4.69, 9.17) is 17.3 Å². The number of rotatable bonds is 3. The average Bonchev–Trinajstić information content (AvgIpc) is 2.96. The SMILES string of the molecule is CCc1nn(C)c(Cn2ccc3cccc(N)c32)c1Cl. The summed E-state index contributed by atoms with van der Waals surface area (Å²) in [6, 6.07) is 8.01. The third-order valence-electron chi connectivity index (χ3n) is 3.64. The number of nitrogens with zero attached hydrogens (tertiary/aromatic N) is 3. The van der Waals surface area contributed by atoms with Gasteiger partial charge in [-0.25, -0.2) is 0 Å². The normalized spacial score (nSPS) is 11.3. The molecule has 20 heavy (non-hydrogen) atoms. The average molecular weight is 289 g/mol. The van der Waals surface area contributed by atoms with Gasteiger partial charge in [-0.05, 0) is 18.6 Å². The maximum atomic E-state index is 6.41. The van der Waals surface area contributed by atoms with Crippen LogP contribution < -0.4 is 5.73 Å². The Labute approximate surface area is 122 Å². The van der Waals surface area contributed by atoms with Gasteiger partial charge in [-0.3, -0.25) is 4.68 Å². The van der Waals surface area contributed by atoms with Crippen LogP contribution in [0.25, 0.3) is 10.9 Å². The molecule has 3 rings (SSSR count). The van der Waals surface area contributed by atoms with Crippen molar-refractivity contribution in [1.82, 2.24) is 14.3 Å². The molecule has 5 heteroatoms. The van der Waals surface area contributed by atoms with Crippen LogP contribution in [0.3, 0.4) is 0 Å². The van der Waals surface area contributed by atoms with Crippen LogP contribution >= 0.6 is 11.6 Å². The van der Waals surface area contributed by atoms with Gasteiger partial charge in [-0.15, -0.1) is 0 Å². The van der Waals surface area contributed by atoms with Crippen LogP contribution in [-0.2, 0) is 20.0 Å². The molecule has 2 heterocycles.